The van der Waals surface area contributed by atoms with E-state index in [0.29, 0.717) is 42.2 Å². The molecule has 0 atom stereocenters. The van der Waals surface area contributed by atoms with Crippen molar-refractivity contribution in [1.82, 2.24) is 0 Å². The molecule has 0 heterocycles. The molecule has 0 radical (unpaired) electrons. The summed E-state index contributed by atoms with van der Waals surface area (Å²) in [7, 11) is 0. The SMILES string of the molecule is CCOC(CC(=O)/C=C1\CCc2c(Cl)ccc(F)c21)OCC. The number of ether oxygens (including phenoxy) is 2. The number of hydrogen-bond acceptors (Lipinski definition) is 3. The highest BCUT2D eigenvalue weighted by Gasteiger charge is 2.24. The Labute approximate surface area is 135 Å². The molecule has 0 unspecified atom stereocenters. The van der Waals surface area contributed by atoms with Gasteiger partial charge in [0.15, 0.2) is 12.1 Å². The number of hydrogen-bond donors (Lipinski definition) is 0. The van der Waals surface area contributed by atoms with Crippen molar-refractivity contribution in [2.24, 2.45) is 0 Å². The van der Waals surface area contributed by atoms with Crippen LogP contribution in [0.3, 0.4) is 0 Å². The van der Waals surface area contributed by atoms with Gasteiger partial charge < -0.3 is 9.47 Å². The van der Waals surface area contributed by atoms with E-state index < -0.39 is 6.29 Å². The predicted octanol–water partition coefficient (Wildman–Crippen LogP) is 4.17. The van der Waals surface area contributed by atoms with Crippen LogP contribution in [0.2, 0.25) is 5.02 Å². The van der Waals surface area contributed by atoms with Crippen LogP contribution < -0.4 is 0 Å². The van der Waals surface area contributed by atoms with E-state index >= 15 is 0 Å². The zero-order chi connectivity index (χ0) is 16.1. The zero-order valence-corrected chi connectivity index (χ0v) is 13.6. The quantitative estimate of drug-likeness (QED) is 0.557. The molecular weight excluding hydrogens is 307 g/mol. The number of benzene rings is 1. The Morgan fingerprint density at radius 2 is 2.00 bits per heavy atom. The van der Waals surface area contributed by atoms with Gasteiger partial charge in [-0.25, -0.2) is 4.39 Å². The van der Waals surface area contributed by atoms with Gasteiger partial charge in [0.2, 0.25) is 0 Å². The van der Waals surface area contributed by atoms with E-state index in [2.05, 4.69) is 0 Å². The molecule has 0 saturated heterocycles. The minimum Gasteiger partial charge on any atom is -0.352 e. The topological polar surface area (TPSA) is 35.5 Å². The summed E-state index contributed by atoms with van der Waals surface area (Å²) in [5, 5.41) is 0.550. The molecule has 22 heavy (non-hydrogen) atoms. The van der Waals surface area contributed by atoms with Crippen LogP contribution in [-0.2, 0) is 20.7 Å². The minimum atomic E-state index is -0.551. The fourth-order valence-corrected chi connectivity index (χ4v) is 2.92. The molecule has 0 saturated carbocycles. The molecule has 0 fully saturated rings. The summed E-state index contributed by atoms with van der Waals surface area (Å²) >= 11 is 6.09. The van der Waals surface area contributed by atoms with Gasteiger partial charge in [-0.1, -0.05) is 11.6 Å². The van der Waals surface area contributed by atoms with Crippen molar-refractivity contribution in [1.29, 1.82) is 0 Å². The molecule has 1 aromatic rings. The van der Waals surface area contributed by atoms with E-state index in [4.69, 9.17) is 21.1 Å². The summed E-state index contributed by atoms with van der Waals surface area (Å²) < 4.78 is 24.7. The largest absolute Gasteiger partial charge is 0.352 e. The van der Waals surface area contributed by atoms with Crippen LogP contribution in [0.4, 0.5) is 4.39 Å². The smallest absolute Gasteiger partial charge is 0.164 e. The fourth-order valence-electron chi connectivity index (χ4n) is 2.67. The molecule has 0 spiro atoms. The van der Waals surface area contributed by atoms with Gasteiger partial charge in [-0.15, -0.1) is 0 Å². The number of halogens is 2. The Morgan fingerprint density at radius 3 is 2.64 bits per heavy atom. The lowest BCUT2D eigenvalue weighted by Gasteiger charge is -2.15. The molecule has 120 valence electrons. The van der Waals surface area contributed by atoms with E-state index in [9.17, 15) is 9.18 Å². The molecule has 0 aliphatic heterocycles. The average molecular weight is 327 g/mol. The molecule has 1 aromatic carbocycles. The van der Waals surface area contributed by atoms with Gasteiger partial charge in [0.25, 0.3) is 0 Å². The summed E-state index contributed by atoms with van der Waals surface area (Å²) in [6, 6.07) is 2.90. The highest BCUT2D eigenvalue weighted by molar-refractivity contribution is 6.31. The third kappa shape index (κ3) is 3.94. The maximum atomic E-state index is 14.0. The second-order valence-electron chi connectivity index (χ2n) is 5.06. The van der Waals surface area contributed by atoms with Crippen LogP contribution in [0.1, 0.15) is 37.8 Å². The van der Waals surface area contributed by atoms with E-state index in [1.165, 1.54) is 12.1 Å². The Kier molecular flexibility index (Phi) is 6.12. The maximum Gasteiger partial charge on any atom is 0.164 e. The zero-order valence-electron chi connectivity index (χ0n) is 12.8. The highest BCUT2D eigenvalue weighted by Crippen LogP contribution is 2.38. The Morgan fingerprint density at radius 1 is 1.32 bits per heavy atom. The molecular formula is C17H20ClFO3. The first kappa shape index (κ1) is 17.1. The lowest BCUT2D eigenvalue weighted by Crippen LogP contribution is -2.20. The van der Waals surface area contributed by atoms with E-state index in [0.717, 1.165) is 5.56 Å². The van der Waals surface area contributed by atoms with Gasteiger partial charge in [-0.05, 0) is 56.0 Å². The minimum absolute atomic E-state index is 0.128. The van der Waals surface area contributed by atoms with Crippen molar-refractivity contribution in [2.75, 3.05) is 13.2 Å². The summed E-state index contributed by atoms with van der Waals surface area (Å²) in [6.07, 6.45) is 2.35. The Balaban J connectivity index is 2.15. The number of rotatable bonds is 7. The summed E-state index contributed by atoms with van der Waals surface area (Å²) in [5.41, 5.74) is 1.96. The van der Waals surface area contributed by atoms with Gasteiger partial charge in [0.1, 0.15) is 5.82 Å². The summed E-state index contributed by atoms with van der Waals surface area (Å²) in [4.78, 5) is 12.2. The fraction of sp³-hybridized carbons (Fsp3) is 0.471. The third-order valence-corrected chi connectivity index (χ3v) is 3.93. The van der Waals surface area contributed by atoms with Crippen molar-refractivity contribution in [3.63, 3.8) is 0 Å². The third-order valence-electron chi connectivity index (χ3n) is 3.58. The molecule has 0 aromatic heterocycles. The first-order chi connectivity index (χ1) is 10.6. The van der Waals surface area contributed by atoms with Crippen LogP contribution in [-0.4, -0.2) is 25.3 Å². The molecule has 0 N–H and O–H groups in total. The molecule has 0 bridgehead atoms. The number of fused-ring (bicyclic) bond motifs is 1. The van der Waals surface area contributed by atoms with Crippen LogP contribution in [0.5, 0.6) is 0 Å². The van der Waals surface area contributed by atoms with Gasteiger partial charge in [0.05, 0.1) is 6.42 Å². The predicted molar refractivity (Wildman–Crippen MR) is 84.4 cm³/mol. The number of carbonyl (C=O) groups is 1. The van der Waals surface area contributed by atoms with Crippen molar-refractivity contribution in [3.8, 4) is 0 Å². The van der Waals surface area contributed by atoms with E-state index in [1.807, 2.05) is 13.8 Å². The van der Waals surface area contributed by atoms with Crippen molar-refractivity contribution in [3.05, 3.63) is 40.2 Å². The first-order valence-corrected chi connectivity index (χ1v) is 7.88. The molecule has 3 nitrogen and oxygen atoms in total. The summed E-state index contributed by atoms with van der Waals surface area (Å²) in [6.45, 7) is 4.64. The number of ketones is 1. The Bertz CT molecular complexity index is 578. The van der Waals surface area contributed by atoms with Crippen LogP contribution >= 0.6 is 11.6 Å². The van der Waals surface area contributed by atoms with E-state index in [1.54, 1.807) is 6.07 Å². The molecule has 1 aliphatic carbocycles. The van der Waals surface area contributed by atoms with Gasteiger partial charge >= 0.3 is 0 Å². The second-order valence-corrected chi connectivity index (χ2v) is 5.47. The van der Waals surface area contributed by atoms with Crippen molar-refractivity contribution in [2.45, 2.75) is 39.4 Å². The van der Waals surface area contributed by atoms with E-state index in [-0.39, 0.29) is 18.0 Å². The van der Waals surface area contributed by atoms with Gasteiger partial charge in [0, 0.05) is 23.8 Å². The molecule has 0 amide bonds. The average Bonchev–Trinajstić information content (AvgIpc) is 2.88. The number of allylic oxidation sites excluding steroid dienone is 2. The van der Waals surface area contributed by atoms with Crippen LogP contribution in [0, 0.1) is 5.82 Å². The van der Waals surface area contributed by atoms with Crippen molar-refractivity contribution < 1.29 is 18.7 Å². The monoisotopic (exact) mass is 326 g/mol. The Hall–Kier alpha value is -1.23. The van der Waals surface area contributed by atoms with Gasteiger partial charge in [-0.2, -0.15) is 0 Å². The van der Waals surface area contributed by atoms with Crippen LogP contribution in [0.25, 0.3) is 5.57 Å². The van der Waals surface area contributed by atoms with Crippen LogP contribution in [0.15, 0.2) is 18.2 Å². The second kappa shape index (κ2) is 7.86. The summed E-state index contributed by atoms with van der Waals surface area (Å²) in [5.74, 6) is -0.462. The lowest BCUT2D eigenvalue weighted by atomic mass is 10.0. The molecule has 2 rings (SSSR count). The normalized spacial score (nSPS) is 15.6. The van der Waals surface area contributed by atoms with Gasteiger partial charge in [-0.3, -0.25) is 4.79 Å². The first-order valence-electron chi connectivity index (χ1n) is 7.50. The lowest BCUT2D eigenvalue weighted by molar-refractivity contribution is -0.149. The highest BCUT2D eigenvalue weighted by atomic mass is 35.5. The molecule has 1 aliphatic rings. The number of carbonyl (C=O) groups excluding carboxylic acids is 1. The maximum absolute atomic E-state index is 14.0. The molecule has 5 heteroatoms. The standard InChI is InChI=1S/C17H20ClFO3/c1-3-21-16(22-4-2)10-12(20)9-11-5-6-13-14(18)7-8-15(19)17(11)13/h7-9,16H,3-6,10H2,1-2H3/b11-9+. The van der Waals surface area contributed by atoms with Crippen molar-refractivity contribution >= 4 is 23.0 Å².